The SMILES string of the molecule is CCn1nc(C)c(Br)c1COc1ccc(Cl)cc1CO. The zero-order valence-electron chi connectivity index (χ0n) is 11.4. The number of aromatic nitrogens is 2. The van der Waals surface area contributed by atoms with Gasteiger partial charge >= 0.3 is 0 Å². The number of nitrogens with zero attached hydrogens (tertiary/aromatic N) is 2. The number of aliphatic hydroxyl groups excluding tert-OH is 1. The fourth-order valence-electron chi connectivity index (χ4n) is 1.97. The highest BCUT2D eigenvalue weighted by Crippen LogP contribution is 2.26. The van der Waals surface area contributed by atoms with Crippen LogP contribution in [-0.2, 0) is 19.8 Å². The van der Waals surface area contributed by atoms with Gasteiger partial charge in [-0.05, 0) is 48.0 Å². The quantitative estimate of drug-likeness (QED) is 0.885. The summed E-state index contributed by atoms with van der Waals surface area (Å²) in [5, 5.41) is 14.3. The van der Waals surface area contributed by atoms with Crippen LogP contribution in [0.2, 0.25) is 5.02 Å². The van der Waals surface area contributed by atoms with Crippen molar-refractivity contribution in [2.75, 3.05) is 0 Å². The number of aryl methyl sites for hydroxylation is 2. The predicted molar refractivity (Wildman–Crippen MR) is 82.0 cm³/mol. The lowest BCUT2D eigenvalue weighted by Crippen LogP contribution is -2.07. The Morgan fingerprint density at radius 1 is 1.45 bits per heavy atom. The molecule has 0 fully saturated rings. The molecule has 0 unspecified atom stereocenters. The number of halogens is 2. The van der Waals surface area contributed by atoms with Crippen LogP contribution in [0.3, 0.4) is 0 Å². The van der Waals surface area contributed by atoms with Crippen LogP contribution in [-0.4, -0.2) is 14.9 Å². The van der Waals surface area contributed by atoms with Gasteiger partial charge in [0.15, 0.2) is 0 Å². The molecule has 2 rings (SSSR count). The lowest BCUT2D eigenvalue weighted by atomic mass is 10.2. The molecule has 1 N–H and O–H groups in total. The summed E-state index contributed by atoms with van der Waals surface area (Å²) in [6.45, 7) is 5.02. The molecule has 1 aromatic heterocycles. The van der Waals surface area contributed by atoms with E-state index in [1.54, 1.807) is 18.2 Å². The minimum atomic E-state index is -0.108. The highest BCUT2D eigenvalue weighted by atomic mass is 79.9. The molecule has 1 aromatic carbocycles. The van der Waals surface area contributed by atoms with Crippen molar-refractivity contribution in [2.24, 2.45) is 0 Å². The minimum absolute atomic E-state index is 0.108. The van der Waals surface area contributed by atoms with Gasteiger partial charge in [-0.3, -0.25) is 4.68 Å². The number of hydrogen-bond donors (Lipinski definition) is 1. The summed E-state index contributed by atoms with van der Waals surface area (Å²) in [7, 11) is 0. The molecule has 2 aromatic rings. The number of hydrogen-bond acceptors (Lipinski definition) is 3. The molecule has 108 valence electrons. The van der Waals surface area contributed by atoms with E-state index in [0.29, 0.717) is 22.9 Å². The van der Waals surface area contributed by atoms with Gasteiger partial charge in [0.05, 0.1) is 22.5 Å². The Labute approximate surface area is 131 Å². The third-order valence-corrected chi connectivity index (χ3v) is 4.28. The van der Waals surface area contributed by atoms with E-state index >= 15 is 0 Å². The fraction of sp³-hybridized carbons (Fsp3) is 0.357. The summed E-state index contributed by atoms with van der Waals surface area (Å²) >= 11 is 9.43. The summed E-state index contributed by atoms with van der Waals surface area (Å²) in [5.41, 5.74) is 2.58. The lowest BCUT2D eigenvalue weighted by molar-refractivity contribution is 0.254. The van der Waals surface area contributed by atoms with E-state index in [1.165, 1.54) is 0 Å². The van der Waals surface area contributed by atoms with Crippen LogP contribution in [0.25, 0.3) is 0 Å². The summed E-state index contributed by atoms with van der Waals surface area (Å²) in [6.07, 6.45) is 0. The van der Waals surface area contributed by atoms with Gasteiger partial charge in [-0.1, -0.05) is 11.6 Å². The van der Waals surface area contributed by atoms with Crippen LogP contribution in [0.1, 0.15) is 23.9 Å². The summed E-state index contributed by atoms with van der Waals surface area (Å²) in [6, 6.07) is 5.21. The standard InChI is InChI=1S/C14H16BrClN2O2/c1-3-18-12(14(15)9(2)17-18)8-20-13-5-4-11(16)6-10(13)7-19/h4-6,19H,3,7-8H2,1-2H3. The fourth-order valence-corrected chi connectivity index (χ4v) is 2.56. The van der Waals surface area contributed by atoms with Crippen LogP contribution in [0.15, 0.2) is 22.7 Å². The van der Waals surface area contributed by atoms with Gasteiger partial charge in [0.1, 0.15) is 12.4 Å². The summed E-state index contributed by atoms with van der Waals surface area (Å²) in [4.78, 5) is 0. The van der Waals surface area contributed by atoms with Crippen LogP contribution >= 0.6 is 27.5 Å². The molecular weight excluding hydrogens is 344 g/mol. The average Bonchev–Trinajstić information content (AvgIpc) is 2.72. The zero-order chi connectivity index (χ0) is 14.7. The Morgan fingerprint density at radius 2 is 2.20 bits per heavy atom. The molecule has 0 aliphatic carbocycles. The molecule has 0 saturated heterocycles. The van der Waals surface area contributed by atoms with Crippen LogP contribution in [0.5, 0.6) is 5.75 Å². The topological polar surface area (TPSA) is 47.3 Å². The molecule has 0 spiro atoms. The Bertz CT molecular complexity index is 613. The predicted octanol–water partition coefficient (Wildman–Crippen LogP) is 3.70. The van der Waals surface area contributed by atoms with Crippen molar-refractivity contribution < 1.29 is 9.84 Å². The number of ether oxygens (including phenoxy) is 1. The molecule has 0 atom stereocenters. The molecule has 6 heteroatoms. The largest absolute Gasteiger partial charge is 0.487 e. The Morgan fingerprint density at radius 3 is 2.85 bits per heavy atom. The maximum atomic E-state index is 9.33. The van der Waals surface area contributed by atoms with Gasteiger partial charge in [-0.2, -0.15) is 5.10 Å². The second kappa shape index (κ2) is 6.61. The van der Waals surface area contributed by atoms with E-state index in [2.05, 4.69) is 21.0 Å². The zero-order valence-corrected chi connectivity index (χ0v) is 13.7. The van der Waals surface area contributed by atoms with Crippen molar-refractivity contribution >= 4 is 27.5 Å². The first-order valence-electron chi connectivity index (χ1n) is 6.30. The van der Waals surface area contributed by atoms with Crippen LogP contribution < -0.4 is 4.74 Å². The summed E-state index contributed by atoms with van der Waals surface area (Å²) < 4.78 is 8.65. The van der Waals surface area contributed by atoms with Crippen molar-refractivity contribution in [3.05, 3.63) is 44.6 Å². The van der Waals surface area contributed by atoms with Crippen molar-refractivity contribution in [1.29, 1.82) is 0 Å². The van der Waals surface area contributed by atoms with Gasteiger partial charge in [0.2, 0.25) is 0 Å². The normalized spacial score (nSPS) is 10.8. The highest BCUT2D eigenvalue weighted by molar-refractivity contribution is 9.10. The first kappa shape index (κ1) is 15.4. The maximum absolute atomic E-state index is 9.33. The van der Waals surface area contributed by atoms with E-state index in [-0.39, 0.29) is 6.61 Å². The molecule has 0 bridgehead atoms. The second-order valence-corrected chi connectivity index (χ2v) is 5.59. The third-order valence-electron chi connectivity index (χ3n) is 3.01. The first-order chi connectivity index (χ1) is 9.56. The molecule has 0 radical (unpaired) electrons. The number of benzene rings is 1. The minimum Gasteiger partial charge on any atom is -0.487 e. The second-order valence-electron chi connectivity index (χ2n) is 4.36. The molecule has 0 aliphatic rings. The van der Waals surface area contributed by atoms with Gasteiger partial charge in [0, 0.05) is 17.1 Å². The van der Waals surface area contributed by atoms with Crippen LogP contribution in [0, 0.1) is 6.92 Å². The van der Waals surface area contributed by atoms with E-state index in [4.69, 9.17) is 16.3 Å². The van der Waals surface area contributed by atoms with E-state index in [0.717, 1.165) is 22.4 Å². The smallest absolute Gasteiger partial charge is 0.131 e. The third kappa shape index (κ3) is 3.16. The Hall–Kier alpha value is -1.04. The van der Waals surface area contributed by atoms with Gasteiger partial charge in [0.25, 0.3) is 0 Å². The maximum Gasteiger partial charge on any atom is 0.131 e. The molecule has 0 saturated carbocycles. The average molecular weight is 360 g/mol. The monoisotopic (exact) mass is 358 g/mol. The van der Waals surface area contributed by atoms with Crippen molar-refractivity contribution in [2.45, 2.75) is 33.6 Å². The molecule has 0 aliphatic heterocycles. The van der Waals surface area contributed by atoms with Crippen molar-refractivity contribution in [3.63, 3.8) is 0 Å². The van der Waals surface area contributed by atoms with Crippen molar-refractivity contribution in [3.8, 4) is 5.75 Å². The Balaban J connectivity index is 2.21. The van der Waals surface area contributed by atoms with Gasteiger partial charge in [-0.15, -0.1) is 0 Å². The number of rotatable bonds is 5. The van der Waals surface area contributed by atoms with Gasteiger partial charge in [-0.25, -0.2) is 0 Å². The molecule has 0 amide bonds. The van der Waals surface area contributed by atoms with Crippen LogP contribution in [0.4, 0.5) is 0 Å². The highest BCUT2D eigenvalue weighted by Gasteiger charge is 2.13. The first-order valence-corrected chi connectivity index (χ1v) is 7.47. The lowest BCUT2D eigenvalue weighted by Gasteiger charge is -2.11. The summed E-state index contributed by atoms with van der Waals surface area (Å²) in [5.74, 6) is 0.630. The van der Waals surface area contributed by atoms with E-state index < -0.39 is 0 Å². The molecule has 20 heavy (non-hydrogen) atoms. The Kier molecular flexibility index (Phi) is 5.07. The van der Waals surface area contributed by atoms with E-state index in [9.17, 15) is 5.11 Å². The van der Waals surface area contributed by atoms with Gasteiger partial charge < -0.3 is 9.84 Å². The molecule has 4 nitrogen and oxygen atoms in total. The van der Waals surface area contributed by atoms with Crippen molar-refractivity contribution in [1.82, 2.24) is 9.78 Å². The van der Waals surface area contributed by atoms with E-state index in [1.807, 2.05) is 18.5 Å². The molecule has 1 heterocycles. The number of aliphatic hydroxyl groups is 1. The molecular formula is C14H16BrClN2O2.